The van der Waals surface area contributed by atoms with Crippen molar-refractivity contribution >= 4 is 5.95 Å². The highest BCUT2D eigenvalue weighted by atomic mass is 16.3. The van der Waals surface area contributed by atoms with Gasteiger partial charge in [-0.3, -0.25) is 9.36 Å². The molecule has 0 saturated carbocycles. The fourth-order valence-electron chi connectivity index (χ4n) is 3.20. The fourth-order valence-corrected chi connectivity index (χ4v) is 3.20. The van der Waals surface area contributed by atoms with E-state index in [1.54, 1.807) is 16.8 Å². The summed E-state index contributed by atoms with van der Waals surface area (Å²) in [7, 11) is 0. The first-order chi connectivity index (χ1) is 12.7. The molecule has 3 heterocycles. The SMILES string of the molecule is O=c1cc(-c2ccncn2)nc2n1CCCN2C[C@@H](O)c1ccccc1. The first kappa shape index (κ1) is 16.4. The Labute approximate surface area is 150 Å². The Balaban J connectivity index is 1.68. The molecule has 1 N–H and O–H groups in total. The van der Waals surface area contributed by atoms with Crippen molar-refractivity contribution in [2.45, 2.75) is 19.1 Å². The summed E-state index contributed by atoms with van der Waals surface area (Å²) in [5.74, 6) is 0.576. The van der Waals surface area contributed by atoms with Crippen molar-refractivity contribution < 1.29 is 5.11 Å². The summed E-state index contributed by atoms with van der Waals surface area (Å²) in [6, 6.07) is 12.7. The molecule has 0 amide bonds. The van der Waals surface area contributed by atoms with E-state index < -0.39 is 6.10 Å². The molecule has 7 nitrogen and oxygen atoms in total. The molecule has 7 heteroatoms. The Kier molecular flexibility index (Phi) is 4.45. The first-order valence-corrected chi connectivity index (χ1v) is 8.58. The number of fused-ring (bicyclic) bond motifs is 1. The van der Waals surface area contributed by atoms with Gasteiger partial charge in [0.25, 0.3) is 5.56 Å². The molecule has 4 rings (SSSR count). The molecule has 0 unspecified atom stereocenters. The third-order valence-corrected chi connectivity index (χ3v) is 4.50. The lowest BCUT2D eigenvalue weighted by Gasteiger charge is -2.32. The molecule has 0 aliphatic carbocycles. The van der Waals surface area contributed by atoms with Gasteiger partial charge in [-0.15, -0.1) is 0 Å². The third-order valence-electron chi connectivity index (χ3n) is 4.50. The Hall–Kier alpha value is -3.06. The largest absolute Gasteiger partial charge is 0.387 e. The van der Waals surface area contributed by atoms with Gasteiger partial charge in [-0.25, -0.2) is 15.0 Å². The average Bonchev–Trinajstić information content (AvgIpc) is 2.70. The molecule has 0 fully saturated rings. The zero-order valence-corrected chi connectivity index (χ0v) is 14.2. The van der Waals surface area contributed by atoms with Crippen LogP contribution in [0.3, 0.4) is 0 Å². The van der Waals surface area contributed by atoms with Gasteiger partial charge in [-0.05, 0) is 18.1 Å². The topological polar surface area (TPSA) is 84.1 Å². The number of β-amino-alcohol motifs (C(OH)–C–C–N with tert-alkyl or cyclic N) is 1. The van der Waals surface area contributed by atoms with Gasteiger partial charge in [0.15, 0.2) is 0 Å². The van der Waals surface area contributed by atoms with Crippen molar-refractivity contribution in [3.63, 3.8) is 0 Å². The Morgan fingerprint density at radius 2 is 1.96 bits per heavy atom. The van der Waals surface area contributed by atoms with E-state index in [1.165, 1.54) is 12.4 Å². The number of hydrogen-bond donors (Lipinski definition) is 1. The van der Waals surface area contributed by atoms with Gasteiger partial charge in [0.1, 0.15) is 6.33 Å². The number of benzene rings is 1. The minimum Gasteiger partial charge on any atom is -0.387 e. The van der Waals surface area contributed by atoms with Gasteiger partial charge < -0.3 is 10.0 Å². The van der Waals surface area contributed by atoms with Gasteiger partial charge in [0.2, 0.25) is 5.95 Å². The highest BCUT2D eigenvalue weighted by Crippen LogP contribution is 2.23. The van der Waals surface area contributed by atoms with Crippen LogP contribution in [0.25, 0.3) is 11.4 Å². The predicted molar refractivity (Wildman–Crippen MR) is 97.8 cm³/mol. The molecule has 1 aromatic carbocycles. The quantitative estimate of drug-likeness (QED) is 0.771. The highest BCUT2D eigenvalue weighted by Gasteiger charge is 2.23. The van der Waals surface area contributed by atoms with E-state index in [1.807, 2.05) is 35.2 Å². The van der Waals surface area contributed by atoms with Gasteiger partial charge in [-0.2, -0.15) is 0 Å². The van der Waals surface area contributed by atoms with Crippen LogP contribution in [0.5, 0.6) is 0 Å². The standard InChI is InChI=1S/C19H19N5O2/c25-17(14-5-2-1-3-6-14)12-23-9-4-10-24-18(26)11-16(22-19(23)24)15-7-8-20-13-21-15/h1-3,5-8,11,13,17,25H,4,9-10,12H2/t17-/m1/s1. The molecule has 0 bridgehead atoms. The van der Waals surface area contributed by atoms with Gasteiger partial charge in [0.05, 0.1) is 24.0 Å². The van der Waals surface area contributed by atoms with Crippen LogP contribution in [0, 0.1) is 0 Å². The molecule has 26 heavy (non-hydrogen) atoms. The molecule has 1 aliphatic heterocycles. The molecule has 0 radical (unpaired) electrons. The van der Waals surface area contributed by atoms with Crippen LogP contribution >= 0.6 is 0 Å². The minimum absolute atomic E-state index is 0.109. The summed E-state index contributed by atoms with van der Waals surface area (Å²) in [5.41, 5.74) is 1.86. The molecular formula is C19H19N5O2. The molecule has 3 aromatic rings. The van der Waals surface area contributed by atoms with E-state index in [-0.39, 0.29) is 5.56 Å². The van der Waals surface area contributed by atoms with Gasteiger partial charge in [0, 0.05) is 25.4 Å². The van der Waals surface area contributed by atoms with Crippen LogP contribution in [-0.4, -0.2) is 37.7 Å². The Morgan fingerprint density at radius 3 is 2.73 bits per heavy atom. The van der Waals surface area contributed by atoms with E-state index >= 15 is 0 Å². The van der Waals surface area contributed by atoms with E-state index in [2.05, 4.69) is 15.0 Å². The number of nitrogens with zero attached hydrogens (tertiary/aromatic N) is 5. The maximum atomic E-state index is 12.5. The maximum absolute atomic E-state index is 12.5. The number of aromatic nitrogens is 4. The normalized spacial score (nSPS) is 14.7. The van der Waals surface area contributed by atoms with Gasteiger partial charge in [-0.1, -0.05) is 30.3 Å². The van der Waals surface area contributed by atoms with Crippen LogP contribution in [0.1, 0.15) is 18.1 Å². The summed E-state index contributed by atoms with van der Waals surface area (Å²) >= 11 is 0. The van der Waals surface area contributed by atoms with Crippen molar-refractivity contribution in [1.29, 1.82) is 0 Å². The fraction of sp³-hybridized carbons (Fsp3) is 0.263. The van der Waals surface area contributed by atoms with Crippen molar-refractivity contribution in [1.82, 2.24) is 19.5 Å². The van der Waals surface area contributed by atoms with E-state index in [0.717, 1.165) is 18.5 Å². The van der Waals surface area contributed by atoms with Crippen molar-refractivity contribution in [2.24, 2.45) is 0 Å². The number of aliphatic hydroxyl groups excluding tert-OH is 1. The lowest BCUT2D eigenvalue weighted by molar-refractivity contribution is 0.181. The van der Waals surface area contributed by atoms with Crippen LogP contribution in [-0.2, 0) is 6.54 Å². The maximum Gasteiger partial charge on any atom is 0.255 e. The van der Waals surface area contributed by atoms with Crippen molar-refractivity contribution in [2.75, 3.05) is 18.0 Å². The molecule has 1 atom stereocenters. The second kappa shape index (κ2) is 7.05. The van der Waals surface area contributed by atoms with Crippen LogP contribution in [0.15, 0.2) is 59.8 Å². The van der Waals surface area contributed by atoms with Crippen LogP contribution in [0.2, 0.25) is 0 Å². The zero-order valence-electron chi connectivity index (χ0n) is 14.2. The Bertz CT molecular complexity index is 943. The second-order valence-electron chi connectivity index (χ2n) is 6.25. The lowest BCUT2D eigenvalue weighted by Crippen LogP contribution is -2.40. The predicted octanol–water partition coefficient (Wildman–Crippen LogP) is 1.64. The highest BCUT2D eigenvalue weighted by molar-refractivity contribution is 5.55. The van der Waals surface area contributed by atoms with Gasteiger partial charge >= 0.3 is 0 Å². The van der Waals surface area contributed by atoms with Crippen molar-refractivity contribution in [3.8, 4) is 11.4 Å². The zero-order chi connectivity index (χ0) is 17.9. The third kappa shape index (κ3) is 3.21. The second-order valence-corrected chi connectivity index (χ2v) is 6.25. The molecule has 2 aromatic heterocycles. The minimum atomic E-state index is -0.651. The average molecular weight is 349 g/mol. The number of aliphatic hydroxyl groups is 1. The van der Waals surface area contributed by atoms with Crippen LogP contribution < -0.4 is 10.5 Å². The summed E-state index contributed by atoms with van der Waals surface area (Å²) in [4.78, 5) is 27.3. The summed E-state index contributed by atoms with van der Waals surface area (Å²) in [6.07, 6.45) is 3.24. The summed E-state index contributed by atoms with van der Waals surface area (Å²) < 4.78 is 1.66. The number of hydrogen-bond acceptors (Lipinski definition) is 6. The summed E-state index contributed by atoms with van der Waals surface area (Å²) in [6.45, 7) is 1.75. The van der Waals surface area contributed by atoms with Crippen LogP contribution in [0.4, 0.5) is 5.95 Å². The molecule has 0 spiro atoms. The molecule has 132 valence electrons. The monoisotopic (exact) mass is 349 g/mol. The van der Waals surface area contributed by atoms with E-state index in [0.29, 0.717) is 30.4 Å². The number of rotatable bonds is 4. The van der Waals surface area contributed by atoms with E-state index in [9.17, 15) is 9.90 Å². The molecular weight excluding hydrogens is 330 g/mol. The molecule has 1 aliphatic rings. The Morgan fingerprint density at radius 1 is 1.12 bits per heavy atom. The molecule has 0 saturated heterocycles. The lowest BCUT2D eigenvalue weighted by atomic mass is 10.1. The smallest absolute Gasteiger partial charge is 0.255 e. The van der Waals surface area contributed by atoms with Crippen molar-refractivity contribution in [3.05, 3.63) is 70.9 Å². The number of anilines is 1. The first-order valence-electron chi connectivity index (χ1n) is 8.58. The summed E-state index contributed by atoms with van der Waals surface area (Å²) in [5, 5.41) is 10.6. The van der Waals surface area contributed by atoms with E-state index in [4.69, 9.17) is 0 Å².